The maximum absolute atomic E-state index is 11.3. The quantitative estimate of drug-likeness (QED) is 0.641. The third-order valence-corrected chi connectivity index (χ3v) is 3.58. The van der Waals surface area contributed by atoms with Gasteiger partial charge in [0, 0.05) is 18.7 Å². The molecule has 0 aromatic rings. The molecule has 102 valence electrons. The number of carboxylic acids is 1. The molecule has 0 aromatic heterocycles. The molecule has 0 bridgehead atoms. The van der Waals surface area contributed by atoms with E-state index in [4.69, 9.17) is 5.11 Å². The van der Waals surface area contributed by atoms with Crippen molar-refractivity contribution in [2.75, 3.05) is 6.54 Å². The van der Waals surface area contributed by atoms with Crippen LogP contribution in [0.4, 0.5) is 0 Å². The number of aliphatic carboxylic acids is 1. The second kappa shape index (κ2) is 6.54. The molecule has 0 atom stereocenters. The predicted molar refractivity (Wildman–Crippen MR) is 67.0 cm³/mol. The lowest BCUT2D eigenvalue weighted by molar-refractivity contribution is -0.131. The Bertz CT molecular complexity index is 330. The zero-order valence-corrected chi connectivity index (χ0v) is 10.7. The van der Waals surface area contributed by atoms with Gasteiger partial charge in [-0.25, -0.2) is 4.79 Å². The third kappa shape index (κ3) is 4.87. The van der Waals surface area contributed by atoms with E-state index in [9.17, 15) is 14.7 Å². The first-order valence-corrected chi connectivity index (χ1v) is 6.36. The minimum absolute atomic E-state index is 0.187. The van der Waals surface area contributed by atoms with Crippen LogP contribution >= 0.6 is 0 Å². The number of carbonyl (C=O) groups excluding carboxylic acids is 1. The molecule has 18 heavy (non-hydrogen) atoms. The Morgan fingerprint density at radius 2 is 1.94 bits per heavy atom. The standard InChI is InChI=1S/C13H21NO4/c1-2-10-5-7-13(18,8-6-10)9-14-11(15)3-4-12(16)17/h3-4,10,18H,2,5-9H2,1H3,(H,14,15)(H,16,17). The number of amides is 1. The molecule has 1 fully saturated rings. The number of nitrogens with one attached hydrogen (secondary N) is 1. The maximum Gasteiger partial charge on any atom is 0.328 e. The highest BCUT2D eigenvalue weighted by molar-refractivity contribution is 5.93. The van der Waals surface area contributed by atoms with E-state index >= 15 is 0 Å². The van der Waals surface area contributed by atoms with Crippen LogP contribution in [0.1, 0.15) is 39.0 Å². The zero-order valence-electron chi connectivity index (χ0n) is 10.7. The van der Waals surface area contributed by atoms with Crippen molar-refractivity contribution in [3.05, 3.63) is 12.2 Å². The van der Waals surface area contributed by atoms with E-state index in [0.29, 0.717) is 18.8 Å². The Morgan fingerprint density at radius 1 is 1.33 bits per heavy atom. The predicted octanol–water partition coefficient (Wildman–Crippen LogP) is 1.07. The van der Waals surface area contributed by atoms with Gasteiger partial charge in [0.1, 0.15) is 0 Å². The van der Waals surface area contributed by atoms with Crippen molar-refractivity contribution in [2.24, 2.45) is 5.92 Å². The summed E-state index contributed by atoms with van der Waals surface area (Å²) in [6.45, 7) is 2.33. The van der Waals surface area contributed by atoms with Gasteiger partial charge in [-0.1, -0.05) is 13.3 Å². The Labute approximate surface area is 107 Å². The van der Waals surface area contributed by atoms with Gasteiger partial charge in [-0.3, -0.25) is 4.79 Å². The van der Waals surface area contributed by atoms with Gasteiger partial charge in [0.2, 0.25) is 5.91 Å². The summed E-state index contributed by atoms with van der Waals surface area (Å²) in [4.78, 5) is 21.5. The van der Waals surface area contributed by atoms with Crippen LogP contribution in [0, 0.1) is 5.92 Å². The molecule has 5 heteroatoms. The lowest BCUT2D eigenvalue weighted by Crippen LogP contribution is -2.45. The minimum Gasteiger partial charge on any atom is -0.478 e. The highest BCUT2D eigenvalue weighted by Gasteiger charge is 2.32. The summed E-state index contributed by atoms with van der Waals surface area (Å²) in [5, 5.41) is 21.2. The zero-order chi connectivity index (χ0) is 13.6. The summed E-state index contributed by atoms with van der Waals surface area (Å²) in [5.41, 5.74) is -0.835. The summed E-state index contributed by atoms with van der Waals surface area (Å²) < 4.78 is 0. The number of carboxylic acid groups (broad SMARTS) is 1. The van der Waals surface area contributed by atoms with Gasteiger partial charge in [-0.15, -0.1) is 0 Å². The molecule has 5 nitrogen and oxygen atoms in total. The van der Waals surface area contributed by atoms with Gasteiger partial charge < -0.3 is 15.5 Å². The topological polar surface area (TPSA) is 86.6 Å². The normalized spacial score (nSPS) is 28.2. The Hall–Kier alpha value is -1.36. The van der Waals surface area contributed by atoms with Crippen molar-refractivity contribution in [2.45, 2.75) is 44.6 Å². The minimum atomic E-state index is -1.16. The first kappa shape index (κ1) is 14.7. The average Bonchev–Trinajstić information content (AvgIpc) is 2.35. The van der Waals surface area contributed by atoms with E-state index in [0.717, 1.165) is 31.4 Å². The fourth-order valence-electron chi connectivity index (χ4n) is 2.26. The Balaban J connectivity index is 2.34. The van der Waals surface area contributed by atoms with Crippen LogP contribution < -0.4 is 5.32 Å². The molecule has 0 saturated heterocycles. The van der Waals surface area contributed by atoms with E-state index in [1.807, 2.05) is 0 Å². The molecule has 0 radical (unpaired) electrons. The Kier molecular flexibility index (Phi) is 5.34. The molecule has 0 aliphatic heterocycles. The molecular weight excluding hydrogens is 234 g/mol. The largest absolute Gasteiger partial charge is 0.478 e. The van der Waals surface area contributed by atoms with Gasteiger partial charge in [0.05, 0.1) is 5.60 Å². The average molecular weight is 255 g/mol. The number of aliphatic hydroxyl groups is 1. The summed E-state index contributed by atoms with van der Waals surface area (Å²) >= 11 is 0. The van der Waals surface area contributed by atoms with E-state index in [1.54, 1.807) is 0 Å². The fraction of sp³-hybridized carbons (Fsp3) is 0.692. The first-order valence-electron chi connectivity index (χ1n) is 6.36. The third-order valence-electron chi connectivity index (χ3n) is 3.58. The Morgan fingerprint density at radius 3 is 2.44 bits per heavy atom. The summed E-state index contributed by atoms with van der Waals surface area (Å²) in [5.74, 6) is -0.969. The van der Waals surface area contributed by atoms with E-state index in [2.05, 4.69) is 12.2 Å². The summed E-state index contributed by atoms with van der Waals surface area (Å²) in [7, 11) is 0. The van der Waals surface area contributed by atoms with Crippen LogP contribution in [-0.4, -0.2) is 34.2 Å². The SMILES string of the molecule is CCC1CCC(O)(CNC(=O)C=CC(=O)O)CC1. The molecule has 1 saturated carbocycles. The summed E-state index contributed by atoms with van der Waals surface area (Å²) in [6, 6.07) is 0. The number of rotatable bonds is 5. The highest BCUT2D eigenvalue weighted by Crippen LogP contribution is 2.33. The lowest BCUT2D eigenvalue weighted by atomic mass is 9.78. The smallest absolute Gasteiger partial charge is 0.328 e. The molecule has 0 aromatic carbocycles. The lowest BCUT2D eigenvalue weighted by Gasteiger charge is -2.35. The molecule has 1 aliphatic carbocycles. The van der Waals surface area contributed by atoms with Crippen molar-refractivity contribution in [3.8, 4) is 0 Å². The van der Waals surface area contributed by atoms with Crippen LogP contribution in [0.3, 0.4) is 0 Å². The van der Waals surface area contributed by atoms with E-state index < -0.39 is 17.5 Å². The van der Waals surface area contributed by atoms with Crippen molar-refractivity contribution in [1.82, 2.24) is 5.32 Å². The first-order chi connectivity index (χ1) is 8.45. The monoisotopic (exact) mass is 255 g/mol. The van der Waals surface area contributed by atoms with Crippen LogP contribution in [0.2, 0.25) is 0 Å². The van der Waals surface area contributed by atoms with Crippen molar-refractivity contribution in [3.63, 3.8) is 0 Å². The highest BCUT2D eigenvalue weighted by atomic mass is 16.4. The molecule has 1 aliphatic rings. The maximum atomic E-state index is 11.3. The van der Waals surface area contributed by atoms with Gasteiger partial charge in [0.15, 0.2) is 0 Å². The summed E-state index contributed by atoms with van der Waals surface area (Å²) in [6.07, 6.45) is 6.21. The molecule has 1 amide bonds. The molecule has 0 heterocycles. The molecule has 1 rings (SSSR count). The van der Waals surface area contributed by atoms with Gasteiger partial charge in [0.25, 0.3) is 0 Å². The fourth-order valence-corrected chi connectivity index (χ4v) is 2.26. The van der Waals surface area contributed by atoms with E-state index in [-0.39, 0.29) is 6.54 Å². The number of hydrogen-bond donors (Lipinski definition) is 3. The number of carbonyl (C=O) groups is 2. The van der Waals surface area contributed by atoms with Gasteiger partial charge in [-0.05, 0) is 31.6 Å². The van der Waals surface area contributed by atoms with Crippen LogP contribution in [0.25, 0.3) is 0 Å². The van der Waals surface area contributed by atoms with Crippen molar-refractivity contribution < 1.29 is 19.8 Å². The molecule has 0 unspecified atom stereocenters. The molecule has 3 N–H and O–H groups in total. The van der Waals surface area contributed by atoms with Crippen molar-refractivity contribution in [1.29, 1.82) is 0 Å². The molecule has 0 spiro atoms. The second-order valence-electron chi connectivity index (χ2n) is 4.97. The van der Waals surface area contributed by atoms with Crippen LogP contribution in [-0.2, 0) is 9.59 Å². The van der Waals surface area contributed by atoms with Crippen LogP contribution in [0.15, 0.2) is 12.2 Å². The van der Waals surface area contributed by atoms with Crippen LogP contribution in [0.5, 0.6) is 0 Å². The van der Waals surface area contributed by atoms with Crippen molar-refractivity contribution >= 4 is 11.9 Å². The number of hydrogen-bond acceptors (Lipinski definition) is 3. The van der Waals surface area contributed by atoms with E-state index in [1.165, 1.54) is 0 Å². The van der Waals surface area contributed by atoms with Gasteiger partial charge in [-0.2, -0.15) is 0 Å². The second-order valence-corrected chi connectivity index (χ2v) is 4.97. The molecular formula is C13H21NO4. The van der Waals surface area contributed by atoms with Gasteiger partial charge >= 0.3 is 5.97 Å².